The fraction of sp³-hybridized carbons (Fsp3) is 0.0189. The Kier molecular flexibility index (Phi) is 6.81. The molecule has 0 radical (unpaired) electrons. The van der Waals surface area contributed by atoms with Crippen LogP contribution >= 0.6 is 0 Å². The van der Waals surface area contributed by atoms with Crippen molar-refractivity contribution in [1.82, 2.24) is 14.5 Å². The van der Waals surface area contributed by atoms with Crippen molar-refractivity contribution < 1.29 is 4.74 Å². The standard InChI is InChI=1S/C53H33N3O/c1-3-15-34(16-4-1)46-33-47(55-52(54-46)35-17-5-2-6-18-35)36-27-29-42-40(31-36)41-32-37(56-48-23-11-7-19-38(48)39-20-8-12-24-49(39)56)28-30-43(41)53(42)44-21-9-13-25-50(44)57-51-26-14-10-22-45(51)53/h1-33H. The molecule has 8 aromatic carbocycles. The number of nitrogens with zero attached hydrogens (tertiary/aromatic N) is 3. The van der Waals surface area contributed by atoms with E-state index < -0.39 is 5.41 Å². The van der Waals surface area contributed by atoms with Gasteiger partial charge in [0.1, 0.15) is 11.5 Å². The van der Waals surface area contributed by atoms with Crippen LogP contribution in [-0.4, -0.2) is 14.5 Å². The molecule has 0 atom stereocenters. The minimum absolute atomic E-state index is 0.593. The van der Waals surface area contributed by atoms with Crippen molar-refractivity contribution in [3.8, 4) is 62.2 Å². The molecule has 3 heterocycles. The molecule has 10 aromatic rings. The second-order valence-electron chi connectivity index (χ2n) is 14.9. The molecule has 12 rings (SSSR count). The SMILES string of the molecule is c1ccc(-c2cc(-c3ccc4c(c3)-c3cc(-n5c6ccccc6c6ccccc65)ccc3C43c4ccccc4Oc4ccccc43)nc(-c3ccccc3)n2)cc1. The molecule has 0 fully saturated rings. The van der Waals surface area contributed by atoms with Gasteiger partial charge in [0.25, 0.3) is 0 Å². The van der Waals surface area contributed by atoms with E-state index in [1.165, 1.54) is 44.1 Å². The van der Waals surface area contributed by atoms with E-state index >= 15 is 0 Å². The van der Waals surface area contributed by atoms with Gasteiger partial charge in [-0.3, -0.25) is 0 Å². The van der Waals surface area contributed by atoms with E-state index in [0.29, 0.717) is 5.82 Å². The van der Waals surface area contributed by atoms with Crippen LogP contribution in [0.5, 0.6) is 11.5 Å². The van der Waals surface area contributed by atoms with Gasteiger partial charge >= 0.3 is 0 Å². The quantitative estimate of drug-likeness (QED) is 0.181. The summed E-state index contributed by atoms with van der Waals surface area (Å²) < 4.78 is 9.07. The van der Waals surface area contributed by atoms with Crippen LogP contribution in [0.25, 0.3) is 72.5 Å². The number of ether oxygens (including phenoxy) is 1. The van der Waals surface area contributed by atoms with Crippen LogP contribution in [0.2, 0.25) is 0 Å². The Balaban J connectivity index is 1.15. The van der Waals surface area contributed by atoms with Gasteiger partial charge in [0.15, 0.2) is 5.82 Å². The van der Waals surface area contributed by atoms with Crippen LogP contribution < -0.4 is 4.74 Å². The van der Waals surface area contributed by atoms with Gasteiger partial charge in [0.05, 0.1) is 27.8 Å². The Morgan fingerprint density at radius 2 is 0.895 bits per heavy atom. The first-order valence-electron chi connectivity index (χ1n) is 19.4. The fourth-order valence-corrected chi connectivity index (χ4v) is 9.46. The van der Waals surface area contributed by atoms with Crippen molar-refractivity contribution in [2.75, 3.05) is 0 Å². The molecule has 1 aliphatic heterocycles. The lowest BCUT2D eigenvalue weighted by Gasteiger charge is -2.39. The topological polar surface area (TPSA) is 39.9 Å². The Bertz CT molecular complexity index is 3060. The van der Waals surface area contributed by atoms with Gasteiger partial charge in [-0.25, -0.2) is 9.97 Å². The van der Waals surface area contributed by atoms with Crippen molar-refractivity contribution in [2.24, 2.45) is 0 Å². The predicted molar refractivity (Wildman–Crippen MR) is 230 cm³/mol. The number of aromatic nitrogens is 3. The van der Waals surface area contributed by atoms with Gasteiger partial charge in [0.2, 0.25) is 0 Å². The van der Waals surface area contributed by atoms with Crippen LogP contribution in [-0.2, 0) is 5.41 Å². The number of hydrogen-bond acceptors (Lipinski definition) is 3. The molecular formula is C53H33N3O. The molecule has 266 valence electrons. The van der Waals surface area contributed by atoms with Crippen LogP contribution in [0.1, 0.15) is 22.3 Å². The zero-order chi connectivity index (χ0) is 37.5. The Hall–Kier alpha value is -7.56. The van der Waals surface area contributed by atoms with Gasteiger partial charge < -0.3 is 9.30 Å². The molecule has 1 aliphatic carbocycles. The molecule has 0 saturated carbocycles. The molecular weight excluding hydrogens is 695 g/mol. The molecule has 2 aliphatic rings. The summed E-state index contributed by atoms with van der Waals surface area (Å²) in [4.78, 5) is 10.3. The first-order valence-corrected chi connectivity index (χ1v) is 19.4. The molecule has 0 saturated heterocycles. The van der Waals surface area contributed by atoms with Gasteiger partial charge in [-0.1, -0.05) is 152 Å². The van der Waals surface area contributed by atoms with E-state index in [1.54, 1.807) is 0 Å². The van der Waals surface area contributed by atoms with E-state index in [9.17, 15) is 0 Å². The van der Waals surface area contributed by atoms with Crippen LogP contribution in [0, 0.1) is 0 Å². The third-order valence-electron chi connectivity index (χ3n) is 11.9. The number of fused-ring (bicyclic) bond motifs is 12. The molecule has 1 spiro atoms. The van der Waals surface area contributed by atoms with Gasteiger partial charge in [-0.05, 0) is 70.8 Å². The summed E-state index contributed by atoms with van der Waals surface area (Å²) in [5, 5.41) is 2.49. The highest BCUT2D eigenvalue weighted by molar-refractivity contribution is 6.09. The van der Waals surface area contributed by atoms with Crippen molar-refractivity contribution in [2.45, 2.75) is 5.41 Å². The summed E-state index contributed by atoms with van der Waals surface area (Å²) in [7, 11) is 0. The largest absolute Gasteiger partial charge is 0.457 e. The molecule has 0 unspecified atom stereocenters. The Morgan fingerprint density at radius 1 is 0.386 bits per heavy atom. The number of hydrogen-bond donors (Lipinski definition) is 0. The number of benzene rings is 8. The van der Waals surface area contributed by atoms with Crippen molar-refractivity contribution >= 4 is 21.8 Å². The van der Waals surface area contributed by atoms with Crippen molar-refractivity contribution in [1.29, 1.82) is 0 Å². The number of rotatable bonds is 4. The summed E-state index contributed by atoms with van der Waals surface area (Å²) in [5.41, 5.74) is 14.8. The predicted octanol–water partition coefficient (Wildman–Crippen LogP) is 13.0. The molecule has 4 heteroatoms. The summed E-state index contributed by atoms with van der Waals surface area (Å²) >= 11 is 0. The van der Waals surface area contributed by atoms with Crippen LogP contribution in [0.3, 0.4) is 0 Å². The molecule has 0 amide bonds. The first kappa shape index (κ1) is 31.8. The van der Waals surface area contributed by atoms with Crippen LogP contribution in [0.15, 0.2) is 200 Å². The third kappa shape index (κ3) is 4.62. The zero-order valence-corrected chi connectivity index (χ0v) is 30.8. The lowest BCUT2D eigenvalue weighted by molar-refractivity contribution is 0.436. The molecule has 4 nitrogen and oxygen atoms in total. The monoisotopic (exact) mass is 727 g/mol. The lowest BCUT2D eigenvalue weighted by Crippen LogP contribution is -2.32. The number of para-hydroxylation sites is 4. The Morgan fingerprint density at radius 3 is 1.54 bits per heavy atom. The second-order valence-corrected chi connectivity index (χ2v) is 14.9. The molecule has 0 bridgehead atoms. The highest BCUT2D eigenvalue weighted by atomic mass is 16.5. The fourth-order valence-electron chi connectivity index (χ4n) is 9.46. The summed E-state index contributed by atoms with van der Waals surface area (Å²) in [6.45, 7) is 0. The average molecular weight is 728 g/mol. The first-order chi connectivity index (χ1) is 28.3. The maximum absolute atomic E-state index is 6.66. The normalized spacial score (nSPS) is 13.2. The molecule has 0 N–H and O–H groups in total. The van der Waals surface area contributed by atoms with Gasteiger partial charge in [-0.15, -0.1) is 0 Å². The minimum Gasteiger partial charge on any atom is -0.457 e. The highest BCUT2D eigenvalue weighted by Gasteiger charge is 2.51. The van der Waals surface area contributed by atoms with E-state index in [4.69, 9.17) is 14.7 Å². The summed E-state index contributed by atoms with van der Waals surface area (Å²) in [5.74, 6) is 2.45. The smallest absolute Gasteiger partial charge is 0.160 e. The van der Waals surface area contributed by atoms with Gasteiger partial charge in [-0.2, -0.15) is 0 Å². The average Bonchev–Trinajstić information content (AvgIpc) is 3.77. The van der Waals surface area contributed by atoms with E-state index in [1.807, 2.05) is 24.3 Å². The zero-order valence-electron chi connectivity index (χ0n) is 30.8. The molecule has 2 aromatic heterocycles. The summed E-state index contributed by atoms with van der Waals surface area (Å²) in [6, 6.07) is 71.2. The lowest BCUT2D eigenvalue weighted by atomic mass is 9.66. The van der Waals surface area contributed by atoms with E-state index in [2.05, 4.69) is 180 Å². The van der Waals surface area contributed by atoms with E-state index in [0.717, 1.165) is 56.4 Å². The highest BCUT2D eigenvalue weighted by Crippen LogP contribution is 2.62. The maximum atomic E-state index is 6.66. The van der Waals surface area contributed by atoms with Gasteiger partial charge in [0, 0.05) is 44.3 Å². The van der Waals surface area contributed by atoms with Crippen molar-refractivity contribution in [3.05, 3.63) is 222 Å². The minimum atomic E-state index is -0.593. The third-order valence-corrected chi connectivity index (χ3v) is 11.9. The van der Waals surface area contributed by atoms with E-state index in [-0.39, 0.29) is 0 Å². The molecule has 57 heavy (non-hydrogen) atoms. The Labute approximate surface area is 330 Å². The summed E-state index contributed by atoms with van der Waals surface area (Å²) in [6.07, 6.45) is 0. The van der Waals surface area contributed by atoms with Crippen LogP contribution in [0.4, 0.5) is 0 Å². The maximum Gasteiger partial charge on any atom is 0.160 e. The van der Waals surface area contributed by atoms with Crippen molar-refractivity contribution in [3.63, 3.8) is 0 Å². The second kappa shape index (κ2) is 12.2.